The van der Waals surface area contributed by atoms with E-state index in [1.807, 2.05) is 18.2 Å². The molecule has 0 aliphatic heterocycles. The number of benzene rings is 1. The summed E-state index contributed by atoms with van der Waals surface area (Å²) < 4.78 is 2.08. The van der Waals surface area contributed by atoms with E-state index < -0.39 is 0 Å². The van der Waals surface area contributed by atoms with Gasteiger partial charge in [-0.1, -0.05) is 53.5 Å². The molecule has 0 N–H and O–H groups in total. The lowest BCUT2D eigenvalue weighted by Gasteiger charge is -1.99. The predicted molar refractivity (Wildman–Crippen MR) is 71.4 cm³/mol. The first-order valence-electron chi connectivity index (χ1n) is 5.30. The van der Waals surface area contributed by atoms with Crippen LogP contribution in [0.25, 0.3) is 0 Å². The van der Waals surface area contributed by atoms with Crippen molar-refractivity contribution in [1.82, 2.24) is 3.96 Å². The van der Waals surface area contributed by atoms with Gasteiger partial charge in [-0.3, -0.25) is 8.75 Å². The van der Waals surface area contributed by atoms with E-state index in [9.17, 15) is 4.79 Å². The van der Waals surface area contributed by atoms with Crippen LogP contribution in [-0.2, 0) is 0 Å². The maximum Gasteiger partial charge on any atom is 0.281 e. The number of hydrogen-bond donors (Lipinski definition) is 0. The molecule has 1 saturated carbocycles. The second-order valence-electron chi connectivity index (χ2n) is 4.13. The summed E-state index contributed by atoms with van der Waals surface area (Å²) in [6.45, 7) is 0. The number of rotatable bonds is 2. The molecule has 17 heavy (non-hydrogen) atoms. The zero-order valence-corrected chi connectivity index (χ0v) is 11.1. The van der Waals surface area contributed by atoms with Crippen LogP contribution in [0.4, 0.5) is 0 Å². The smallest absolute Gasteiger partial charge is 0.267 e. The van der Waals surface area contributed by atoms with Crippen LogP contribution < -0.4 is 5.56 Å². The zero-order valence-electron chi connectivity index (χ0n) is 8.77. The average molecular weight is 286 g/mol. The van der Waals surface area contributed by atoms with E-state index in [1.54, 1.807) is 3.96 Å². The van der Waals surface area contributed by atoms with Gasteiger partial charge >= 0.3 is 0 Å². The van der Waals surface area contributed by atoms with Crippen LogP contribution in [0.1, 0.15) is 23.9 Å². The number of halogens is 2. The van der Waals surface area contributed by atoms with Crippen LogP contribution in [0, 0.1) is 0 Å². The molecule has 1 aromatic carbocycles. The van der Waals surface area contributed by atoms with Crippen LogP contribution in [0.5, 0.6) is 0 Å². The van der Waals surface area contributed by atoms with Gasteiger partial charge in [0, 0.05) is 5.92 Å². The molecule has 5 heteroatoms. The Kier molecular flexibility index (Phi) is 2.77. The lowest BCUT2D eigenvalue weighted by molar-refractivity contribution is 0.760. The molecular formula is C12H9Cl2NOS. The molecule has 1 aliphatic carbocycles. The van der Waals surface area contributed by atoms with Gasteiger partial charge < -0.3 is 0 Å². The molecule has 2 aromatic rings. The largest absolute Gasteiger partial charge is 0.281 e. The van der Waals surface area contributed by atoms with Gasteiger partial charge in [0.2, 0.25) is 0 Å². The molecule has 1 fully saturated rings. The molecule has 1 aliphatic rings. The monoisotopic (exact) mass is 285 g/mol. The van der Waals surface area contributed by atoms with Gasteiger partial charge in [-0.25, -0.2) is 0 Å². The summed E-state index contributed by atoms with van der Waals surface area (Å²) in [7, 11) is 0. The topological polar surface area (TPSA) is 22.0 Å². The fourth-order valence-electron chi connectivity index (χ4n) is 2.07. The highest BCUT2D eigenvalue weighted by Crippen LogP contribution is 2.52. The van der Waals surface area contributed by atoms with Crippen molar-refractivity contribution in [1.29, 1.82) is 0 Å². The van der Waals surface area contributed by atoms with Gasteiger partial charge in [0.05, 0.1) is 6.04 Å². The first-order chi connectivity index (χ1) is 8.18. The molecule has 2 atom stereocenters. The lowest BCUT2D eigenvalue weighted by Crippen LogP contribution is -2.12. The Balaban J connectivity index is 1.90. The lowest BCUT2D eigenvalue weighted by atomic mass is 10.1. The van der Waals surface area contributed by atoms with E-state index in [2.05, 4.69) is 12.1 Å². The number of nitrogens with zero attached hydrogens (tertiary/aromatic N) is 1. The van der Waals surface area contributed by atoms with Gasteiger partial charge in [0.15, 0.2) is 0 Å². The minimum atomic E-state index is -0.162. The molecule has 3 rings (SSSR count). The molecular weight excluding hydrogens is 277 g/mol. The molecule has 1 heterocycles. The maximum atomic E-state index is 11.8. The van der Waals surface area contributed by atoms with Crippen molar-refractivity contribution in [2.45, 2.75) is 18.4 Å². The van der Waals surface area contributed by atoms with Crippen LogP contribution in [0.15, 0.2) is 35.1 Å². The van der Waals surface area contributed by atoms with Gasteiger partial charge in [0.1, 0.15) is 9.36 Å². The Morgan fingerprint density at radius 3 is 2.53 bits per heavy atom. The fourth-order valence-corrected chi connectivity index (χ4v) is 3.50. The van der Waals surface area contributed by atoms with Crippen LogP contribution in [0.3, 0.4) is 0 Å². The van der Waals surface area contributed by atoms with Crippen molar-refractivity contribution in [3.8, 4) is 0 Å². The Morgan fingerprint density at radius 2 is 1.94 bits per heavy atom. The summed E-state index contributed by atoms with van der Waals surface area (Å²) in [6, 6.07) is 10.4. The second-order valence-corrected chi connectivity index (χ2v) is 6.09. The zero-order chi connectivity index (χ0) is 12.0. The summed E-state index contributed by atoms with van der Waals surface area (Å²) in [6.07, 6.45) is 0.983. The summed E-state index contributed by atoms with van der Waals surface area (Å²) in [5, 5.41) is 0.148. The standard InChI is InChI=1S/C12H9Cl2NOS/c13-10-11(14)17-15(12(10)16)9-6-8(9)7-4-2-1-3-5-7/h1-5,8-9H,6H2. The van der Waals surface area contributed by atoms with Crippen molar-refractivity contribution < 1.29 is 0 Å². The summed E-state index contributed by atoms with van der Waals surface area (Å²) in [5.41, 5.74) is 1.11. The third kappa shape index (κ3) is 1.92. The molecule has 88 valence electrons. The van der Waals surface area contributed by atoms with E-state index in [1.165, 1.54) is 17.1 Å². The summed E-state index contributed by atoms with van der Waals surface area (Å²) >= 11 is 12.9. The van der Waals surface area contributed by atoms with E-state index in [4.69, 9.17) is 23.2 Å². The number of aromatic nitrogens is 1. The van der Waals surface area contributed by atoms with Crippen LogP contribution >= 0.6 is 34.7 Å². The summed E-state index contributed by atoms with van der Waals surface area (Å²) in [4.78, 5) is 11.8. The van der Waals surface area contributed by atoms with Gasteiger partial charge in [-0.15, -0.1) is 0 Å². The maximum absolute atomic E-state index is 11.8. The molecule has 0 radical (unpaired) electrons. The highest BCUT2D eigenvalue weighted by atomic mass is 35.5. The van der Waals surface area contributed by atoms with Crippen molar-refractivity contribution in [2.24, 2.45) is 0 Å². The minimum absolute atomic E-state index is 0.148. The third-order valence-corrected chi connectivity index (χ3v) is 4.98. The minimum Gasteiger partial charge on any atom is -0.267 e. The highest BCUT2D eigenvalue weighted by Gasteiger charge is 2.41. The quantitative estimate of drug-likeness (QED) is 0.819. The van der Waals surface area contributed by atoms with E-state index >= 15 is 0 Å². The average Bonchev–Trinajstić information content (AvgIpc) is 3.10. The van der Waals surface area contributed by atoms with Gasteiger partial charge in [-0.05, 0) is 23.5 Å². The van der Waals surface area contributed by atoms with Gasteiger partial charge in [0.25, 0.3) is 5.56 Å². The van der Waals surface area contributed by atoms with Crippen LogP contribution in [-0.4, -0.2) is 3.96 Å². The van der Waals surface area contributed by atoms with Crippen molar-refractivity contribution in [3.63, 3.8) is 0 Å². The Labute approximate surface area is 113 Å². The molecule has 0 spiro atoms. The van der Waals surface area contributed by atoms with E-state index in [0.717, 1.165) is 6.42 Å². The highest BCUT2D eigenvalue weighted by molar-refractivity contribution is 7.12. The second kappa shape index (κ2) is 4.16. The SMILES string of the molecule is O=c1c(Cl)c(Cl)sn1C1CC1c1ccccc1. The predicted octanol–water partition coefficient (Wildman–Crippen LogP) is 3.95. The summed E-state index contributed by atoms with van der Waals surface area (Å²) in [5.74, 6) is 0.416. The normalized spacial score (nSPS) is 22.7. The van der Waals surface area contributed by atoms with Crippen molar-refractivity contribution >= 4 is 34.7 Å². The van der Waals surface area contributed by atoms with E-state index in [-0.39, 0.29) is 16.6 Å². The third-order valence-electron chi connectivity index (χ3n) is 3.02. The first-order valence-corrected chi connectivity index (χ1v) is 6.83. The first kappa shape index (κ1) is 11.3. The Hall–Kier alpha value is -0.770. The fraction of sp³-hybridized carbons (Fsp3) is 0.250. The molecule has 0 bridgehead atoms. The molecule has 2 nitrogen and oxygen atoms in total. The van der Waals surface area contributed by atoms with E-state index in [0.29, 0.717) is 10.3 Å². The van der Waals surface area contributed by atoms with Crippen LogP contribution in [0.2, 0.25) is 9.36 Å². The number of hydrogen-bond acceptors (Lipinski definition) is 2. The molecule has 2 unspecified atom stereocenters. The molecule has 0 saturated heterocycles. The Morgan fingerprint density at radius 1 is 1.24 bits per heavy atom. The molecule has 0 amide bonds. The molecule has 1 aromatic heterocycles. The van der Waals surface area contributed by atoms with Crippen molar-refractivity contribution in [2.75, 3.05) is 0 Å². The van der Waals surface area contributed by atoms with Gasteiger partial charge in [-0.2, -0.15) is 0 Å². The Bertz CT molecular complexity index is 605. The van der Waals surface area contributed by atoms with Crippen molar-refractivity contribution in [3.05, 3.63) is 55.6 Å².